The smallest absolute Gasteiger partial charge is 0.265 e. The predicted molar refractivity (Wildman–Crippen MR) is 134 cm³/mol. The first kappa shape index (κ1) is 25.1. The van der Waals surface area contributed by atoms with E-state index >= 15 is 0 Å². The fraction of sp³-hybridized carbons (Fsp3) is 0.423. The molecule has 1 saturated heterocycles. The maximum absolute atomic E-state index is 13.7. The average Bonchev–Trinajstić information content (AvgIpc) is 3.58. The van der Waals surface area contributed by atoms with Crippen molar-refractivity contribution in [2.75, 3.05) is 44.0 Å². The van der Waals surface area contributed by atoms with Gasteiger partial charge in [-0.1, -0.05) is 19.1 Å². The molecule has 2 aliphatic heterocycles. The Morgan fingerprint density at radius 1 is 1.05 bits per heavy atom. The Morgan fingerprint density at radius 2 is 1.76 bits per heavy atom. The van der Waals surface area contributed by atoms with Crippen molar-refractivity contribution in [1.82, 2.24) is 10.0 Å². The van der Waals surface area contributed by atoms with Crippen molar-refractivity contribution in [1.29, 1.82) is 0 Å². The second-order valence-corrected chi connectivity index (χ2v) is 11.7. The lowest BCUT2D eigenvalue weighted by atomic mass is 9.94. The monoisotopic (exact) mass is 527 g/mol. The van der Waals surface area contributed by atoms with Crippen LogP contribution in [0.2, 0.25) is 0 Å². The number of benzene rings is 2. The zero-order valence-corrected chi connectivity index (χ0v) is 21.6. The minimum atomic E-state index is -3.53. The zero-order valence-electron chi connectivity index (χ0n) is 20.8. The molecule has 0 atom stereocenters. The van der Waals surface area contributed by atoms with Gasteiger partial charge in [0.2, 0.25) is 0 Å². The molecule has 11 heteroatoms. The summed E-state index contributed by atoms with van der Waals surface area (Å²) in [7, 11) is -1.94. The molecule has 2 heterocycles. The lowest BCUT2D eigenvalue weighted by Crippen LogP contribution is -2.53. The van der Waals surface area contributed by atoms with E-state index in [1.165, 1.54) is 40.0 Å². The van der Waals surface area contributed by atoms with E-state index in [-0.39, 0.29) is 35.4 Å². The van der Waals surface area contributed by atoms with Crippen LogP contribution in [0.15, 0.2) is 47.4 Å². The summed E-state index contributed by atoms with van der Waals surface area (Å²) < 4.78 is 35.5. The highest BCUT2D eigenvalue weighted by Gasteiger charge is 2.55. The van der Waals surface area contributed by atoms with Crippen LogP contribution in [0.1, 0.15) is 31.7 Å². The molecule has 3 amide bonds. The summed E-state index contributed by atoms with van der Waals surface area (Å²) in [6.45, 7) is 1.72. The normalized spacial score (nSPS) is 18.3. The Hall–Kier alpha value is -3.60. The molecule has 0 N–H and O–H groups in total. The third-order valence-corrected chi connectivity index (χ3v) is 8.99. The van der Waals surface area contributed by atoms with Gasteiger partial charge in [-0.3, -0.25) is 24.3 Å². The van der Waals surface area contributed by atoms with Crippen molar-refractivity contribution < 1.29 is 32.3 Å². The van der Waals surface area contributed by atoms with E-state index in [0.29, 0.717) is 43.9 Å². The number of rotatable bonds is 7. The van der Waals surface area contributed by atoms with Crippen LogP contribution >= 0.6 is 0 Å². The quantitative estimate of drug-likeness (QED) is 0.541. The maximum Gasteiger partial charge on any atom is 0.265 e. The molecule has 0 radical (unpaired) electrons. The molecule has 10 nitrogen and oxygen atoms in total. The molecule has 0 unspecified atom stereocenters. The largest absolute Gasteiger partial charge is 0.497 e. The second-order valence-electron chi connectivity index (χ2n) is 9.41. The molecule has 1 aliphatic carbocycles. The van der Waals surface area contributed by atoms with E-state index in [1.807, 2.05) is 24.3 Å². The molecule has 1 saturated carbocycles. The number of hydrogen-bond acceptors (Lipinski definition) is 7. The van der Waals surface area contributed by atoms with Crippen molar-refractivity contribution in [3.05, 3.63) is 48.0 Å². The highest BCUT2D eigenvalue weighted by Crippen LogP contribution is 2.50. The molecule has 0 spiro atoms. The standard InChI is InChI=1S/C26H29N3O7S/c1-3-37(33,34)20-9-10-22-21(15-20)27(24(31)17-36-22)16-23(30)28-13-4-14-29(28)25(32)26(11-12-26)18-5-7-19(35-2)8-6-18/h5-10,15H,3-4,11-14,16-17H2,1-2H3. The van der Waals surface area contributed by atoms with E-state index in [2.05, 4.69) is 0 Å². The third kappa shape index (κ3) is 4.41. The zero-order chi connectivity index (χ0) is 26.4. The molecular weight excluding hydrogens is 498 g/mol. The summed E-state index contributed by atoms with van der Waals surface area (Å²) in [5.41, 5.74) is 0.451. The lowest BCUT2D eigenvalue weighted by molar-refractivity contribution is -0.159. The average molecular weight is 528 g/mol. The van der Waals surface area contributed by atoms with E-state index in [1.54, 1.807) is 7.11 Å². The van der Waals surface area contributed by atoms with Gasteiger partial charge in [-0.2, -0.15) is 0 Å². The van der Waals surface area contributed by atoms with Crippen LogP contribution in [-0.2, 0) is 29.6 Å². The fourth-order valence-corrected chi connectivity index (χ4v) is 5.82. The van der Waals surface area contributed by atoms with Crippen LogP contribution in [0.3, 0.4) is 0 Å². The Labute approximate surface area is 215 Å². The molecule has 5 rings (SSSR count). The number of hydrogen-bond donors (Lipinski definition) is 0. The van der Waals surface area contributed by atoms with Gasteiger partial charge in [0.25, 0.3) is 17.7 Å². The van der Waals surface area contributed by atoms with Crippen LogP contribution in [0.4, 0.5) is 5.69 Å². The number of fused-ring (bicyclic) bond motifs is 1. The third-order valence-electron chi connectivity index (χ3n) is 7.26. The van der Waals surface area contributed by atoms with Gasteiger partial charge in [-0.05, 0) is 55.2 Å². The molecule has 0 aromatic heterocycles. The fourth-order valence-electron chi connectivity index (χ4n) is 4.92. The summed E-state index contributed by atoms with van der Waals surface area (Å²) in [6, 6.07) is 11.7. The lowest BCUT2D eigenvalue weighted by Gasteiger charge is -2.34. The number of carbonyl (C=O) groups excluding carboxylic acids is 3. The van der Waals surface area contributed by atoms with Crippen LogP contribution in [0.25, 0.3) is 0 Å². The van der Waals surface area contributed by atoms with Gasteiger partial charge in [0, 0.05) is 13.1 Å². The Balaban J connectivity index is 1.37. The Bertz CT molecular complexity index is 1350. The van der Waals surface area contributed by atoms with E-state index in [0.717, 1.165) is 5.56 Å². The van der Waals surface area contributed by atoms with Gasteiger partial charge in [-0.25, -0.2) is 13.4 Å². The van der Waals surface area contributed by atoms with Crippen LogP contribution in [-0.4, -0.2) is 75.3 Å². The Kier molecular flexibility index (Phi) is 6.35. The topological polar surface area (TPSA) is 114 Å². The number of anilines is 1. The number of nitrogens with zero attached hydrogens (tertiary/aromatic N) is 3. The van der Waals surface area contributed by atoms with Gasteiger partial charge in [-0.15, -0.1) is 0 Å². The number of hydrazine groups is 1. The molecular formula is C26H29N3O7S. The first-order chi connectivity index (χ1) is 17.7. The van der Waals surface area contributed by atoms with Crippen molar-refractivity contribution in [2.45, 2.75) is 36.5 Å². The summed E-state index contributed by atoms with van der Waals surface area (Å²) in [5.74, 6) is -0.0698. The van der Waals surface area contributed by atoms with Crippen molar-refractivity contribution >= 4 is 33.2 Å². The highest BCUT2D eigenvalue weighted by molar-refractivity contribution is 7.91. The van der Waals surface area contributed by atoms with Crippen molar-refractivity contribution in [2.24, 2.45) is 0 Å². The number of ether oxygens (including phenoxy) is 2. The first-order valence-electron chi connectivity index (χ1n) is 12.3. The minimum Gasteiger partial charge on any atom is -0.497 e. The SMILES string of the molecule is CCS(=O)(=O)c1ccc2c(c1)N(CC(=O)N1CCCN1C(=O)C1(c3ccc(OC)cc3)CC1)C(=O)CO2. The molecule has 37 heavy (non-hydrogen) atoms. The number of methoxy groups -OCH3 is 1. The predicted octanol–water partition coefficient (Wildman–Crippen LogP) is 1.92. The summed E-state index contributed by atoms with van der Waals surface area (Å²) in [6.07, 6.45) is 2.02. The van der Waals surface area contributed by atoms with Crippen molar-refractivity contribution in [3.63, 3.8) is 0 Å². The van der Waals surface area contributed by atoms with Crippen molar-refractivity contribution in [3.8, 4) is 11.5 Å². The van der Waals surface area contributed by atoms with E-state index in [9.17, 15) is 22.8 Å². The van der Waals surface area contributed by atoms with E-state index < -0.39 is 27.1 Å². The van der Waals surface area contributed by atoms with Crippen LogP contribution < -0.4 is 14.4 Å². The van der Waals surface area contributed by atoms with Gasteiger partial charge in [0.15, 0.2) is 16.4 Å². The summed E-state index contributed by atoms with van der Waals surface area (Å²) >= 11 is 0. The maximum atomic E-state index is 13.7. The minimum absolute atomic E-state index is 0.0534. The Morgan fingerprint density at radius 3 is 2.41 bits per heavy atom. The van der Waals surface area contributed by atoms with Crippen LogP contribution in [0, 0.1) is 0 Å². The van der Waals surface area contributed by atoms with Gasteiger partial charge in [0.05, 0.1) is 28.9 Å². The van der Waals surface area contributed by atoms with Gasteiger partial charge in [0.1, 0.15) is 18.0 Å². The molecule has 3 aliphatic rings. The van der Waals surface area contributed by atoms with Gasteiger partial charge >= 0.3 is 0 Å². The van der Waals surface area contributed by atoms with E-state index in [4.69, 9.17) is 9.47 Å². The molecule has 0 bridgehead atoms. The van der Waals surface area contributed by atoms with Crippen LogP contribution in [0.5, 0.6) is 11.5 Å². The number of carbonyl (C=O) groups is 3. The number of sulfone groups is 1. The molecule has 2 aromatic rings. The molecule has 196 valence electrons. The highest BCUT2D eigenvalue weighted by atomic mass is 32.2. The summed E-state index contributed by atoms with van der Waals surface area (Å²) in [5, 5.41) is 2.92. The first-order valence-corrected chi connectivity index (χ1v) is 13.9. The molecule has 2 fully saturated rings. The van der Waals surface area contributed by atoms with Gasteiger partial charge < -0.3 is 9.47 Å². The summed E-state index contributed by atoms with van der Waals surface area (Å²) in [4.78, 5) is 41.2. The second kappa shape index (κ2) is 9.37. The molecule has 2 aromatic carbocycles. The number of amides is 3.